The SMILES string of the molecule is COc1ccc(CN2CCN(Cc3cc(-c4ccc(C(F)(F)F)cc4)ccc3C)CC2)c(OC)c1OC.Cl.Cl. The van der Waals surface area contributed by atoms with Crippen molar-refractivity contribution in [2.24, 2.45) is 0 Å². The molecule has 0 spiro atoms. The molecule has 10 heteroatoms. The molecule has 1 aliphatic heterocycles. The lowest BCUT2D eigenvalue weighted by Gasteiger charge is -2.35. The summed E-state index contributed by atoms with van der Waals surface area (Å²) >= 11 is 0. The first-order chi connectivity index (χ1) is 17.7. The summed E-state index contributed by atoms with van der Waals surface area (Å²) in [6, 6.07) is 15.4. The van der Waals surface area contributed by atoms with Gasteiger partial charge in [-0.2, -0.15) is 13.2 Å². The maximum Gasteiger partial charge on any atom is 0.416 e. The fourth-order valence-electron chi connectivity index (χ4n) is 4.75. The van der Waals surface area contributed by atoms with Crippen molar-refractivity contribution < 1.29 is 27.4 Å². The Morgan fingerprint density at radius 3 is 1.72 bits per heavy atom. The quantitative estimate of drug-likeness (QED) is 0.288. The van der Waals surface area contributed by atoms with Crippen LogP contribution in [0.4, 0.5) is 13.2 Å². The Labute approximate surface area is 240 Å². The van der Waals surface area contributed by atoms with E-state index < -0.39 is 11.7 Å². The van der Waals surface area contributed by atoms with Crippen LogP contribution in [0.25, 0.3) is 11.1 Å². The van der Waals surface area contributed by atoms with Gasteiger partial charge in [-0.1, -0.05) is 30.3 Å². The minimum absolute atomic E-state index is 0. The number of aryl methyl sites for hydroxylation is 1. The van der Waals surface area contributed by atoms with Crippen molar-refractivity contribution in [2.75, 3.05) is 47.5 Å². The van der Waals surface area contributed by atoms with Crippen molar-refractivity contribution in [1.82, 2.24) is 9.80 Å². The minimum Gasteiger partial charge on any atom is -0.493 e. The number of ether oxygens (including phenoxy) is 3. The summed E-state index contributed by atoms with van der Waals surface area (Å²) < 4.78 is 55.3. The number of alkyl halides is 3. The summed E-state index contributed by atoms with van der Waals surface area (Å²) in [6.07, 6.45) is -4.33. The Morgan fingerprint density at radius 2 is 1.21 bits per heavy atom. The largest absolute Gasteiger partial charge is 0.493 e. The zero-order valence-corrected chi connectivity index (χ0v) is 24.1. The van der Waals surface area contributed by atoms with Gasteiger partial charge in [-0.15, -0.1) is 24.8 Å². The van der Waals surface area contributed by atoms with Crippen LogP contribution in [0.15, 0.2) is 54.6 Å². The molecule has 0 saturated carbocycles. The average Bonchev–Trinajstić information content (AvgIpc) is 2.90. The van der Waals surface area contributed by atoms with Crippen molar-refractivity contribution in [3.05, 3.63) is 76.9 Å². The van der Waals surface area contributed by atoms with Crippen molar-refractivity contribution >= 4 is 24.8 Å². The number of hydrogen-bond donors (Lipinski definition) is 0. The van der Waals surface area contributed by atoms with Crippen LogP contribution in [0.3, 0.4) is 0 Å². The molecule has 0 atom stereocenters. The fraction of sp³-hybridized carbons (Fsp3) is 0.379. The average molecular weight is 588 g/mol. The predicted octanol–water partition coefficient (Wildman–Crippen LogP) is 6.87. The van der Waals surface area contributed by atoms with E-state index in [0.29, 0.717) is 17.2 Å². The summed E-state index contributed by atoms with van der Waals surface area (Å²) in [7, 11) is 4.86. The summed E-state index contributed by atoms with van der Waals surface area (Å²) in [5, 5.41) is 0. The van der Waals surface area contributed by atoms with Gasteiger partial charge in [0.25, 0.3) is 0 Å². The Morgan fingerprint density at radius 1 is 0.667 bits per heavy atom. The molecule has 0 bridgehead atoms. The molecule has 0 aromatic heterocycles. The number of nitrogens with zero attached hydrogens (tertiary/aromatic N) is 2. The maximum atomic E-state index is 12.9. The predicted molar refractivity (Wildman–Crippen MR) is 153 cm³/mol. The molecule has 1 heterocycles. The minimum atomic E-state index is -4.33. The molecule has 0 aliphatic carbocycles. The summed E-state index contributed by atoms with van der Waals surface area (Å²) in [5.74, 6) is 1.94. The molecule has 3 aromatic rings. The second-order valence-electron chi connectivity index (χ2n) is 9.26. The Kier molecular flexibility index (Phi) is 11.8. The van der Waals surface area contributed by atoms with Gasteiger partial charge in [0.1, 0.15) is 0 Å². The van der Waals surface area contributed by atoms with Crippen LogP contribution in [-0.4, -0.2) is 57.3 Å². The first-order valence-corrected chi connectivity index (χ1v) is 12.2. The van der Waals surface area contributed by atoms with E-state index in [1.807, 2.05) is 24.3 Å². The smallest absolute Gasteiger partial charge is 0.416 e. The highest BCUT2D eigenvalue weighted by Crippen LogP contribution is 2.40. The monoisotopic (exact) mass is 586 g/mol. The number of piperazine rings is 1. The third-order valence-electron chi connectivity index (χ3n) is 6.93. The van der Waals surface area contributed by atoms with Gasteiger partial charge in [-0.05, 0) is 53.4 Å². The van der Waals surface area contributed by atoms with Crippen LogP contribution >= 0.6 is 24.8 Å². The molecule has 0 amide bonds. The van der Waals surface area contributed by atoms with E-state index in [0.717, 1.165) is 68.1 Å². The molecule has 1 fully saturated rings. The molecule has 5 nitrogen and oxygen atoms in total. The molecular weight excluding hydrogens is 552 g/mol. The molecule has 39 heavy (non-hydrogen) atoms. The first kappa shape index (κ1) is 32.6. The van der Waals surface area contributed by atoms with Crippen LogP contribution in [0.1, 0.15) is 22.3 Å². The normalized spacial score (nSPS) is 14.2. The van der Waals surface area contributed by atoms with Gasteiger partial charge in [0.2, 0.25) is 5.75 Å². The molecule has 214 valence electrons. The lowest BCUT2D eigenvalue weighted by molar-refractivity contribution is -0.137. The van der Waals surface area contributed by atoms with Crippen LogP contribution in [0.2, 0.25) is 0 Å². The second kappa shape index (κ2) is 14.1. The van der Waals surface area contributed by atoms with E-state index >= 15 is 0 Å². The van der Waals surface area contributed by atoms with Gasteiger partial charge >= 0.3 is 6.18 Å². The number of methoxy groups -OCH3 is 3. The van der Waals surface area contributed by atoms with Crippen LogP contribution in [0.5, 0.6) is 17.2 Å². The third-order valence-corrected chi connectivity index (χ3v) is 6.93. The first-order valence-electron chi connectivity index (χ1n) is 12.2. The highest BCUT2D eigenvalue weighted by molar-refractivity contribution is 5.85. The lowest BCUT2D eigenvalue weighted by Crippen LogP contribution is -2.45. The number of benzene rings is 3. The van der Waals surface area contributed by atoms with Gasteiger partial charge in [0.15, 0.2) is 11.5 Å². The molecule has 0 unspecified atom stereocenters. The molecular formula is C29H35Cl2F3N2O3. The van der Waals surface area contributed by atoms with E-state index in [-0.39, 0.29) is 24.8 Å². The molecule has 1 saturated heterocycles. The van der Waals surface area contributed by atoms with E-state index in [9.17, 15) is 13.2 Å². The van der Waals surface area contributed by atoms with E-state index in [2.05, 4.69) is 22.8 Å². The number of rotatable bonds is 8. The van der Waals surface area contributed by atoms with Gasteiger partial charge in [0.05, 0.1) is 26.9 Å². The number of halogens is 5. The van der Waals surface area contributed by atoms with E-state index in [1.165, 1.54) is 11.1 Å². The maximum absolute atomic E-state index is 12.9. The summed E-state index contributed by atoms with van der Waals surface area (Å²) in [6.45, 7) is 7.28. The molecule has 0 radical (unpaired) electrons. The van der Waals surface area contributed by atoms with Gasteiger partial charge < -0.3 is 14.2 Å². The summed E-state index contributed by atoms with van der Waals surface area (Å²) in [5.41, 5.74) is 4.48. The molecule has 3 aromatic carbocycles. The molecule has 4 rings (SSSR count). The highest BCUT2D eigenvalue weighted by atomic mass is 35.5. The Hall–Kier alpha value is -2.65. The van der Waals surface area contributed by atoms with Crippen molar-refractivity contribution in [3.8, 4) is 28.4 Å². The van der Waals surface area contributed by atoms with Crippen molar-refractivity contribution in [2.45, 2.75) is 26.2 Å². The molecule has 1 aliphatic rings. The van der Waals surface area contributed by atoms with Gasteiger partial charge in [-0.3, -0.25) is 9.80 Å². The topological polar surface area (TPSA) is 34.2 Å². The van der Waals surface area contributed by atoms with Crippen molar-refractivity contribution in [1.29, 1.82) is 0 Å². The van der Waals surface area contributed by atoms with E-state index in [4.69, 9.17) is 14.2 Å². The third kappa shape index (κ3) is 7.72. The Bertz CT molecular complexity index is 1220. The van der Waals surface area contributed by atoms with Crippen LogP contribution < -0.4 is 14.2 Å². The lowest BCUT2D eigenvalue weighted by atomic mass is 9.98. The van der Waals surface area contributed by atoms with Crippen molar-refractivity contribution in [3.63, 3.8) is 0 Å². The zero-order chi connectivity index (χ0) is 26.6. The fourth-order valence-corrected chi connectivity index (χ4v) is 4.75. The zero-order valence-electron chi connectivity index (χ0n) is 22.5. The summed E-state index contributed by atoms with van der Waals surface area (Å²) in [4.78, 5) is 4.81. The Balaban J connectivity index is 0.00000267. The van der Waals surface area contributed by atoms with E-state index in [1.54, 1.807) is 33.5 Å². The number of hydrogen-bond acceptors (Lipinski definition) is 5. The standard InChI is InChI=1S/C29H33F3N2O3.2ClH/c1-20-5-6-22(21-7-10-25(11-8-21)29(30,31)32)17-24(20)19-34-15-13-33(14-16-34)18-23-9-12-26(35-2)28(37-4)27(23)36-3;;/h5-12,17H,13-16,18-19H2,1-4H3;2*1H. The second-order valence-corrected chi connectivity index (χ2v) is 9.26. The van der Waals surface area contributed by atoms with Crippen LogP contribution in [-0.2, 0) is 19.3 Å². The van der Waals surface area contributed by atoms with Gasteiger partial charge in [0, 0.05) is 44.8 Å². The van der Waals surface area contributed by atoms with Crippen LogP contribution in [0, 0.1) is 6.92 Å². The van der Waals surface area contributed by atoms with Gasteiger partial charge in [-0.25, -0.2) is 0 Å². The molecule has 0 N–H and O–H groups in total. The highest BCUT2D eigenvalue weighted by Gasteiger charge is 2.30.